The molecule has 1 rings (SSSR count). The second-order valence-corrected chi connectivity index (χ2v) is 6.30. The van der Waals surface area contributed by atoms with Crippen molar-refractivity contribution < 1.29 is 5.11 Å². The molecule has 1 aliphatic rings. The highest BCUT2D eigenvalue weighted by molar-refractivity contribution is 4.79. The van der Waals surface area contributed by atoms with Crippen LogP contribution in [-0.4, -0.2) is 41.3 Å². The Bertz CT molecular complexity index is 218. The molecule has 3 unspecified atom stereocenters. The van der Waals surface area contributed by atoms with E-state index in [0.29, 0.717) is 0 Å². The molecule has 3 nitrogen and oxygen atoms in total. The van der Waals surface area contributed by atoms with Crippen molar-refractivity contribution in [2.45, 2.75) is 64.5 Å². The third-order valence-electron chi connectivity index (χ3n) is 4.05. The SMILES string of the molecule is CC1CCC(C)N(CCCCC(C)(N)CO)C1. The molecule has 0 aromatic carbocycles. The van der Waals surface area contributed by atoms with E-state index in [9.17, 15) is 0 Å². The van der Waals surface area contributed by atoms with E-state index in [-0.39, 0.29) is 12.1 Å². The third kappa shape index (κ3) is 5.36. The number of likely N-dealkylation sites (tertiary alicyclic amines) is 1. The van der Waals surface area contributed by atoms with E-state index in [2.05, 4.69) is 18.7 Å². The number of aliphatic hydroxyl groups excluding tert-OH is 1. The molecular weight excluding hydrogens is 212 g/mol. The molecule has 1 saturated heterocycles. The summed E-state index contributed by atoms with van der Waals surface area (Å²) in [6, 6.07) is 0.744. The third-order valence-corrected chi connectivity index (χ3v) is 4.05. The zero-order valence-electron chi connectivity index (χ0n) is 11.8. The van der Waals surface area contributed by atoms with E-state index >= 15 is 0 Å². The molecule has 1 fully saturated rings. The lowest BCUT2D eigenvalue weighted by Crippen LogP contribution is -2.42. The second kappa shape index (κ2) is 6.72. The molecule has 0 radical (unpaired) electrons. The van der Waals surface area contributed by atoms with Crippen molar-refractivity contribution >= 4 is 0 Å². The Morgan fingerprint density at radius 2 is 2.00 bits per heavy atom. The van der Waals surface area contributed by atoms with Gasteiger partial charge in [0.1, 0.15) is 0 Å². The Hall–Kier alpha value is -0.120. The quantitative estimate of drug-likeness (QED) is 0.700. The van der Waals surface area contributed by atoms with Crippen molar-refractivity contribution in [1.82, 2.24) is 4.90 Å². The van der Waals surface area contributed by atoms with Crippen LogP contribution in [0.1, 0.15) is 52.9 Å². The van der Waals surface area contributed by atoms with E-state index in [1.807, 2.05) is 6.92 Å². The minimum atomic E-state index is -0.388. The smallest absolute Gasteiger partial charge is 0.0608 e. The fourth-order valence-electron chi connectivity index (χ4n) is 2.61. The van der Waals surface area contributed by atoms with Crippen molar-refractivity contribution in [1.29, 1.82) is 0 Å². The van der Waals surface area contributed by atoms with Crippen molar-refractivity contribution in [2.24, 2.45) is 11.7 Å². The van der Waals surface area contributed by atoms with Gasteiger partial charge in [0, 0.05) is 18.1 Å². The first-order chi connectivity index (χ1) is 7.94. The molecule has 0 aromatic rings. The molecule has 3 heteroatoms. The fraction of sp³-hybridized carbons (Fsp3) is 1.00. The lowest BCUT2D eigenvalue weighted by Gasteiger charge is -2.37. The number of hydrogen-bond acceptors (Lipinski definition) is 3. The maximum atomic E-state index is 9.08. The van der Waals surface area contributed by atoms with Gasteiger partial charge in [-0.25, -0.2) is 0 Å². The van der Waals surface area contributed by atoms with Gasteiger partial charge in [-0.05, 0) is 52.0 Å². The highest BCUT2D eigenvalue weighted by Crippen LogP contribution is 2.22. The van der Waals surface area contributed by atoms with Crippen LogP contribution in [-0.2, 0) is 0 Å². The fourth-order valence-corrected chi connectivity index (χ4v) is 2.61. The summed E-state index contributed by atoms with van der Waals surface area (Å²) in [5, 5.41) is 9.08. The predicted octanol–water partition coefficient (Wildman–Crippen LogP) is 1.99. The lowest BCUT2D eigenvalue weighted by molar-refractivity contribution is 0.120. The molecule has 3 N–H and O–H groups in total. The van der Waals surface area contributed by atoms with Crippen LogP contribution in [0.5, 0.6) is 0 Å². The number of nitrogens with zero attached hydrogens (tertiary/aromatic N) is 1. The minimum absolute atomic E-state index is 0.0875. The first-order valence-electron chi connectivity index (χ1n) is 7.08. The molecule has 0 amide bonds. The molecular formula is C14H30N2O. The highest BCUT2D eigenvalue weighted by atomic mass is 16.3. The van der Waals surface area contributed by atoms with Crippen LogP contribution in [0.4, 0.5) is 0 Å². The first kappa shape index (κ1) is 14.9. The molecule has 0 saturated carbocycles. The predicted molar refractivity (Wildman–Crippen MR) is 73.0 cm³/mol. The Morgan fingerprint density at radius 3 is 2.65 bits per heavy atom. The number of aliphatic hydroxyl groups is 1. The molecule has 102 valence electrons. The molecule has 0 aromatic heterocycles. The molecule has 17 heavy (non-hydrogen) atoms. The number of rotatable bonds is 6. The van der Waals surface area contributed by atoms with Gasteiger partial charge in [-0.1, -0.05) is 13.3 Å². The van der Waals surface area contributed by atoms with E-state index in [4.69, 9.17) is 10.8 Å². The summed E-state index contributed by atoms with van der Waals surface area (Å²) in [5.74, 6) is 0.850. The van der Waals surface area contributed by atoms with Gasteiger partial charge in [-0.15, -0.1) is 0 Å². The van der Waals surface area contributed by atoms with Gasteiger partial charge < -0.3 is 15.7 Å². The van der Waals surface area contributed by atoms with Gasteiger partial charge in [0.05, 0.1) is 6.61 Å². The average Bonchev–Trinajstić information content (AvgIpc) is 2.29. The Morgan fingerprint density at radius 1 is 1.29 bits per heavy atom. The summed E-state index contributed by atoms with van der Waals surface area (Å²) < 4.78 is 0. The number of piperidine rings is 1. The van der Waals surface area contributed by atoms with Gasteiger partial charge in [-0.3, -0.25) is 0 Å². The highest BCUT2D eigenvalue weighted by Gasteiger charge is 2.22. The normalized spacial score (nSPS) is 30.2. The maximum absolute atomic E-state index is 9.08. The van der Waals surface area contributed by atoms with Crippen LogP contribution in [0.2, 0.25) is 0 Å². The van der Waals surface area contributed by atoms with E-state index in [1.54, 1.807) is 0 Å². The minimum Gasteiger partial charge on any atom is -0.394 e. The van der Waals surface area contributed by atoms with Gasteiger partial charge in [0.25, 0.3) is 0 Å². The Kier molecular flexibility index (Phi) is 5.90. The second-order valence-electron chi connectivity index (χ2n) is 6.30. The van der Waals surface area contributed by atoms with Crippen LogP contribution < -0.4 is 5.73 Å². The zero-order valence-corrected chi connectivity index (χ0v) is 11.8. The topological polar surface area (TPSA) is 49.5 Å². The van der Waals surface area contributed by atoms with Crippen molar-refractivity contribution in [2.75, 3.05) is 19.7 Å². The zero-order chi connectivity index (χ0) is 12.9. The average molecular weight is 242 g/mol. The van der Waals surface area contributed by atoms with Crippen LogP contribution in [0.25, 0.3) is 0 Å². The van der Waals surface area contributed by atoms with E-state index in [1.165, 1.54) is 32.4 Å². The number of unbranched alkanes of at least 4 members (excludes halogenated alkanes) is 1. The standard InChI is InChI=1S/C14H30N2O/c1-12-6-7-13(2)16(10-12)9-5-4-8-14(3,15)11-17/h12-13,17H,4-11,15H2,1-3H3. The maximum Gasteiger partial charge on any atom is 0.0608 e. The van der Waals surface area contributed by atoms with Crippen LogP contribution in [0, 0.1) is 5.92 Å². The molecule has 0 bridgehead atoms. The number of hydrogen-bond donors (Lipinski definition) is 2. The molecule has 0 spiro atoms. The summed E-state index contributed by atoms with van der Waals surface area (Å²) in [6.07, 6.45) is 5.95. The van der Waals surface area contributed by atoms with Gasteiger partial charge in [0.2, 0.25) is 0 Å². The summed E-state index contributed by atoms with van der Waals surface area (Å²) in [7, 11) is 0. The monoisotopic (exact) mass is 242 g/mol. The molecule has 1 aliphatic heterocycles. The van der Waals surface area contributed by atoms with E-state index < -0.39 is 0 Å². The van der Waals surface area contributed by atoms with E-state index in [0.717, 1.165) is 24.8 Å². The van der Waals surface area contributed by atoms with Crippen molar-refractivity contribution in [3.8, 4) is 0 Å². The van der Waals surface area contributed by atoms with Crippen LogP contribution >= 0.6 is 0 Å². The lowest BCUT2D eigenvalue weighted by atomic mass is 9.94. The summed E-state index contributed by atoms with van der Waals surface area (Å²) in [5.41, 5.74) is 5.53. The molecule has 3 atom stereocenters. The molecule has 1 heterocycles. The Balaban J connectivity index is 2.17. The van der Waals surface area contributed by atoms with Gasteiger partial charge in [0.15, 0.2) is 0 Å². The van der Waals surface area contributed by atoms with Crippen LogP contribution in [0.3, 0.4) is 0 Å². The summed E-state index contributed by atoms with van der Waals surface area (Å²) >= 11 is 0. The summed E-state index contributed by atoms with van der Waals surface area (Å²) in [6.45, 7) is 9.14. The molecule has 0 aliphatic carbocycles. The summed E-state index contributed by atoms with van der Waals surface area (Å²) in [4.78, 5) is 2.61. The van der Waals surface area contributed by atoms with Crippen molar-refractivity contribution in [3.05, 3.63) is 0 Å². The van der Waals surface area contributed by atoms with Gasteiger partial charge >= 0.3 is 0 Å². The van der Waals surface area contributed by atoms with Gasteiger partial charge in [-0.2, -0.15) is 0 Å². The largest absolute Gasteiger partial charge is 0.394 e. The van der Waals surface area contributed by atoms with Crippen LogP contribution in [0.15, 0.2) is 0 Å². The first-order valence-corrected chi connectivity index (χ1v) is 7.08. The Labute approximate surface area is 106 Å². The van der Waals surface area contributed by atoms with Crippen molar-refractivity contribution in [3.63, 3.8) is 0 Å². The number of nitrogens with two attached hydrogens (primary N) is 1.